The van der Waals surface area contributed by atoms with Gasteiger partial charge in [-0.15, -0.1) is 11.3 Å². The van der Waals surface area contributed by atoms with Crippen LogP contribution in [0.25, 0.3) is 32.5 Å². The molecule has 11 heteroatoms. The largest absolute Gasteiger partial charge is 0.382 e. The number of nitrogens with one attached hydrogen (secondary N) is 1. The monoisotopic (exact) mass is 457 g/mol. The number of H-pyrrole nitrogens is 1. The summed E-state index contributed by atoms with van der Waals surface area (Å²) in [7, 11) is -3.17. The number of nitrogens with two attached hydrogens (primary N) is 1. The summed E-state index contributed by atoms with van der Waals surface area (Å²) in [4.78, 5) is 12.7. The number of hydrogen-bond donors (Lipinski definition) is 2. The molecule has 0 bridgehead atoms. The van der Waals surface area contributed by atoms with Crippen LogP contribution in [0, 0.1) is 0 Å². The number of anilines is 1. The predicted molar refractivity (Wildman–Crippen MR) is 123 cm³/mol. The molecule has 1 aliphatic rings. The van der Waals surface area contributed by atoms with Gasteiger partial charge in [0, 0.05) is 48.0 Å². The van der Waals surface area contributed by atoms with Gasteiger partial charge in [0.15, 0.2) is 5.82 Å². The molecule has 1 aliphatic heterocycles. The van der Waals surface area contributed by atoms with Gasteiger partial charge < -0.3 is 5.73 Å². The molecule has 0 amide bonds. The molecule has 1 atom stereocenters. The van der Waals surface area contributed by atoms with E-state index in [2.05, 4.69) is 26.1 Å². The van der Waals surface area contributed by atoms with Crippen molar-refractivity contribution >= 4 is 48.3 Å². The van der Waals surface area contributed by atoms with Gasteiger partial charge in [0.25, 0.3) is 0 Å². The molecular weight excluding hydrogens is 434 g/mol. The summed E-state index contributed by atoms with van der Waals surface area (Å²) < 4.78 is 26.3. The van der Waals surface area contributed by atoms with Crippen molar-refractivity contribution in [3.63, 3.8) is 0 Å². The van der Waals surface area contributed by atoms with Crippen LogP contribution in [0.2, 0.25) is 0 Å². The highest BCUT2D eigenvalue weighted by Gasteiger charge is 2.30. The van der Waals surface area contributed by atoms with Gasteiger partial charge in [0.05, 0.1) is 28.2 Å². The molecule has 1 aromatic carbocycles. The van der Waals surface area contributed by atoms with Crippen LogP contribution in [0.15, 0.2) is 30.5 Å². The fraction of sp³-hybridized carbons (Fsp3) is 0.350. The Labute approximate surface area is 183 Å². The number of aromatic amines is 1. The Morgan fingerprint density at radius 2 is 2.13 bits per heavy atom. The minimum absolute atomic E-state index is 0.0509. The van der Waals surface area contributed by atoms with E-state index in [4.69, 9.17) is 10.7 Å². The van der Waals surface area contributed by atoms with Crippen LogP contribution in [-0.4, -0.2) is 69.7 Å². The van der Waals surface area contributed by atoms with Crippen LogP contribution in [0.5, 0.6) is 0 Å². The van der Waals surface area contributed by atoms with Gasteiger partial charge in [-0.2, -0.15) is 9.40 Å². The van der Waals surface area contributed by atoms with Crippen molar-refractivity contribution in [2.24, 2.45) is 0 Å². The SMILES string of the molecule is C[C@H]1CN(Cc2cc3nc(-c4cccc5[nH]ncc45)nc(N)c3s2)CCN1S(C)(=O)=O. The molecule has 4 aromatic rings. The molecule has 0 radical (unpaired) electrons. The van der Waals surface area contributed by atoms with E-state index in [1.807, 2.05) is 25.1 Å². The summed E-state index contributed by atoms with van der Waals surface area (Å²) in [5.41, 5.74) is 8.93. The number of fused-ring (bicyclic) bond motifs is 2. The Balaban J connectivity index is 1.42. The van der Waals surface area contributed by atoms with E-state index >= 15 is 0 Å². The molecule has 5 rings (SSSR count). The number of rotatable bonds is 4. The second-order valence-electron chi connectivity index (χ2n) is 7.95. The van der Waals surface area contributed by atoms with Crippen LogP contribution in [-0.2, 0) is 16.6 Å². The van der Waals surface area contributed by atoms with Crippen molar-refractivity contribution < 1.29 is 8.42 Å². The molecule has 1 saturated heterocycles. The first-order chi connectivity index (χ1) is 14.8. The van der Waals surface area contributed by atoms with Crippen molar-refractivity contribution in [2.45, 2.75) is 19.5 Å². The Morgan fingerprint density at radius 1 is 1.29 bits per heavy atom. The van der Waals surface area contributed by atoms with E-state index in [0.29, 0.717) is 31.3 Å². The molecule has 31 heavy (non-hydrogen) atoms. The van der Waals surface area contributed by atoms with Gasteiger partial charge in [0.2, 0.25) is 10.0 Å². The zero-order chi connectivity index (χ0) is 21.8. The maximum Gasteiger partial charge on any atom is 0.211 e. The standard InChI is InChI=1S/C20H23N7O2S2/c1-12-10-26(6-7-27(12)31(2,28)29)11-13-8-17-18(30-13)19(21)24-20(23-17)14-4-3-5-16-15(14)9-22-25-16/h3-5,8-9,12H,6-7,10-11H2,1-2H3,(H,22,25)(H2,21,23,24)/t12-/m0/s1. The Bertz CT molecular complexity index is 1380. The van der Waals surface area contributed by atoms with Crippen LogP contribution < -0.4 is 5.73 Å². The number of nitrogen functional groups attached to an aromatic ring is 1. The Hall–Kier alpha value is -2.60. The first-order valence-corrected chi connectivity index (χ1v) is 12.6. The van der Waals surface area contributed by atoms with Crippen molar-refractivity contribution in [1.29, 1.82) is 0 Å². The van der Waals surface area contributed by atoms with E-state index in [1.54, 1.807) is 21.8 Å². The highest BCUT2D eigenvalue weighted by atomic mass is 32.2. The molecule has 1 fully saturated rings. The summed E-state index contributed by atoms with van der Waals surface area (Å²) in [5, 5.41) is 8.03. The van der Waals surface area contributed by atoms with E-state index in [0.717, 1.165) is 38.1 Å². The first-order valence-electron chi connectivity index (χ1n) is 9.97. The number of sulfonamides is 1. The van der Waals surface area contributed by atoms with Gasteiger partial charge in [-0.05, 0) is 19.1 Å². The lowest BCUT2D eigenvalue weighted by atomic mass is 10.1. The van der Waals surface area contributed by atoms with Gasteiger partial charge in [0.1, 0.15) is 5.82 Å². The molecule has 0 aliphatic carbocycles. The third-order valence-electron chi connectivity index (χ3n) is 5.63. The van der Waals surface area contributed by atoms with Gasteiger partial charge >= 0.3 is 0 Å². The summed E-state index contributed by atoms with van der Waals surface area (Å²) in [6.07, 6.45) is 3.04. The zero-order valence-electron chi connectivity index (χ0n) is 17.2. The molecule has 0 spiro atoms. The second kappa shape index (κ2) is 7.52. The van der Waals surface area contributed by atoms with E-state index in [-0.39, 0.29) is 6.04 Å². The molecule has 3 aromatic heterocycles. The Kier molecular flexibility index (Phi) is 4.93. The fourth-order valence-corrected chi connectivity index (χ4v) is 6.41. The molecule has 0 unspecified atom stereocenters. The lowest BCUT2D eigenvalue weighted by Gasteiger charge is -2.38. The quantitative estimate of drug-likeness (QED) is 0.482. The van der Waals surface area contributed by atoms with Crippen LogP contribution in [0.3, 0.4) is 0 Å². The van der Waals surface area contributed by atoms with Crippen LogP contribution in [0.4, 0.5) is 5.82 Å². The number of nitrogens with zero attached hydrogens (tertiary/aromatic N) is 5. The van der Waals surface area contributed by atoms with E-state index < -0.39 is 10.0 Å². The first kappa shape index (κ1) is 20.3. The van der Waals surface area contributed by atoms with E-state index in [9.17, 15) is 8.42 Å². The molecule has 4 heterocycles. The number of piperazine rings is 1. The lowest BCUT2D eigenvalue weighted by molar-refractivity contribution is 0.139. The van der Waals surface area contributed by atoms with Crippen molar-refractivity contribution in [1.82, 2.24) is 29.4 Å². The highest BCUT2D eigenvalue weighted by Crippen LogP contribution is 2.33. The average Bonchev–Trinajstić information content (AvgIpc) is 3.33. The minimum Gasteiger partial charge on any atom is -0.382 e. The van der Waals surface area contributed by atoms with Gasteiger partial charge in [-0.3, -0.25) is 10.00 Å². The average molecular weight is 458 g/mol. The van der Waals surface area contributed by atoms with Gasteiger partial charge in [-0.1, -0.05) is 12.1 Å². The fourth-order valence-electron chi connectivity index (χ4n) is 4.24. The maximum absolute atomic E-state index is 11.9. The summed E-state index contributed by atoms with van der Waals surface area (Å²) in [6.45, 7) is 4.57. The molecule has 162 valence electrons. The molecule has 0 saturated carbocycles. The topological polar surface area (TPSA) is 121 Å². The molecule has 3 N–H and O–H groups in total. The smallest absolute Gasteiger partial charge is 0.211 e. The normalized spacial score (nSPS) is 18.8. The Morgan fingerprint density at radius 3 is 2.90 bits per heavy atom. The summed E-state index contributed by atoms with van der Waals surface area (Å²) >= 11 is 1.59. The van der Waals surface area contributed by atoms with Gasteiger partial charge in [-0.25, -0.2) is 18.4 Å². The molecule has 9 nitrogen and oxygen atoms in total. The number of thiophene rings is 1. The minimum atomic E-state index is -3.17. The van der Waals surface area contributed by atoms with Crippen LogP contribution in [0.1, 0.15) is 11.8 Å². The van der Waals surface area contributed by atoms with Crippen molar-refractivity contribution in [2.75, 3.05) is 31.6 Å². The highest BCUT2D eigenvalue weighted by molar-refractivity contribution is 7.88. The number of benzene rings is 1. The predicted octanol–water partition coefficient (Wildman–Crippen LogP) is 2.28. The van der Waals surface area contributed by atoms with Crippen molar-refractivity contribution in [3.05, 3.63) is 35.3 Å². The maximum atomic E-state index is 11.9. The third-order valence-corrected chi connectivity index (χ3v) is 8.16. The number of aromatic nitrogens is 4. The van der Waals surface area contributed by atoms with E-state index in [1.165, 1.54) is 6.26 Å². The summed E-state index contributed by atoms with van der Waals surface area (Å²) in [5.74, 6) is 1.05. The molecular formula is C20H23N7O2S2. The summed E-state index contributed by atoms with van der Waals surface area (Å²) in [6, 6.07) is 7.88. The number of hydrogen-bond acceptors (Lipinski definition) is 8. The van der Waals surface area contributed by atoms with Crippen LogP contribution >= 0.6 is 11.3 Å². The lowest BCUT2D eigenvalue weighted by Crippen LogP contribution is -2.53. The third kappa shape index (κ3) is 3.78. The zero-order valence-corrected chi connectivity index (χ0v) is 18.9. The van der Waals surface area contributed by atoms with Crippen molar-refractivity contribution in [3.8, 4) is 11.4 Å². The second-order valence-corrected chi connectivity index (χ2v) is 11.0.